The Hall–Kier alpha value is -0.110. The molecule has 2 heteroatoms. The van der Waals surface area contributed by atoms with E-state index < -0.39 is 0 Å². The molecule has 0 aliphatic rings. The van der Waals surface area contributed by atoms with E-state index in [-0.39, 0.29) is 4.87 Å². The minimum atomic E-state index is -0.0399. The Balaban J connectivity index is 3.75. The van der Waals surface area contributed by atoms with Gasteiger partial charge in [0.2, 0.25) is 0 Å². The van der Waals surface area contributed by atoms with Crippen molar-refractivity contribution < 1.29 is 0 Å². The quantitative estimate of drug-likeness (QED) is 0.456. The first-order valence-electron chi connectivity index (χ1n) is 3.29. The lowest BCUT2D eigenvalue weighted by Crippen LogP contribution is -2.34. The molecule has 0 aliphatic carbocycles. The summed E-state index contributed by atoms with van der Waals surface area (Å²) < 4.78 is 0. The standard InChI is InChI=1S/C7H15NS/c1-4-7(9,5-2)8-6-3/h6,8-9H,3-5H2,1-2H3. The van der Waals surface area contributed by atoms with E-state index in [9.17, 15) is 0 Å². The average Bonchev–Trinajstić information content (AvgIpc) is 1.89. The zero-order valence-corrected chi connectivity index (χ0v) is 7.04. The molecule has 0 atom stereocenters. The van der Waals surface area contributed by atoms with Crippen LogP contribution >= 0.6 is 12.6 Å². The number of nitrogens with one attached hydrogen (secondary N) is 1. The van der Waals surface area contributed by atoms with Crippen LogP contribution in [0.1, 0.15) is 26.7 Å². The van der Waals surface area contributed by atoms with Gasteiger partial charge in [0.05, 0.1) is 4.87 Å². The number of rotatable bonds is 4. The molecule has 0 saturated carbocycles. The predicted molar refractivity (Wildman–Crippen MR) is 45.6 cm³/mol. The number of hydrogen-bond acceptors (Lipinski definition) is 2. The van der Waals surface area contributed by atoms with Gasteiger partial charge in [0.1, 0.15) is 0 Å². The molecule has 0 heterocycles. The third-order valence-corrected chi connectivity index (χ3v) is 2.30. The monoisotopic (exact) mass is 145 g/mol. The van der Waals surface area contributed by atoms with Gasteiger partial charge in [-0.05, 0) is 19.0 Å². The Morgan fingerprint density at radius 1 is 1.56 bits per heavy atom. The second-order valence-corrected chi connectivity index (χ2v) is 2.94. The van der Waals surface area contributed by atoms with Crippen LogP contribution in [0.25, 0.3) is 0 Å². The maximum atomic E-state index is 4.42. The highest BCUT2D eigenvalue weighted by molar-refractivity contribution is 7.81. The van der Waals surface area contributed by atoms with Crippen LogP contribution in [0.15, 0.2) is 12.8 Å². The van der Waals surface area contributed by atoms with E-state index in [1.54, 1.807) is 6.20 Å². The van der Waals surface area contributed by atoms with Crippen LogP contribution in [-0.2, 0) is 0 Å². The van der Waals surface area contributed by atoms with E-state index in [1.165, 1.54) is 0 Å². The first-order valence-corrected chi connectivity index (χ1v) is 3.74. The Morgan fingerprint density at radius 3 is 2.11 bits per heavy atom. The molecule has 0 bridgehead atoms. The Morgan fingerprint density at radius 2 is 2.00 bits per heavy atom. The van der Waals surface area contributed by atoms with Crippen LogP contribution in [-0.4, -0.2) is 4.87 Å². The zero-order valence-electron chi connectivity index (χ0n) is 6.15. The van der Waals surface area contributed by atoms with Crippen molar-refractivity contribution in [2.45, 2.75) is 31.6 Å². The maximum absolute atomic E-state index is 4.42. The molecule has 1 N–H and O–H groups in total. The van der Waals surface area contributed by atoms with Gasteiger partial charge in [-0.25, -0.2) is 0 Å². The molecule has 0 saturated heterocycles. The molecule has 0 spiro atoms. The summed E-state index contributed by atoms with van der Waals surface area (Å²) in [6.45, 7) is 7.79. The summed E-state index contributed by atoms with van der Waals surface area (Å²) in [5.74, 6) is 0. The number of hydrogen-bond donors (Lipinski definition) is 2. The summed E-state index contributed by atoms with van der Waals surface area (Å²) >= 11 is 4.42. The Bertz CT molecular complexity index is 86.9. The van der Waals surface area contributed by atoms with Crippen LogP contribution in [0, 0.1) is 0 Å². The van der Waals surface area contributed by atoms with E-state index in [2.05, 4.69) is 38.4 Å². The van der Waals surface area contributed by atoms with Crippen molar-refractivity contribution in [3.05, 3.63) is 12.8 Å². The second-order valence-electron chi connectivity index (χ2n) is 2.09. The molecule has 0 aromatic carbocycles. The summed E-state index contributed by atoms with van der Waals surface area (Å²) in [4.78, 5) is -0.0399. The first-order chi connectivity index (χ1) is 4.18. The second kappa shape index (κ2) is 3.83. The van der Waals surface area contributed by atoms with Crippen molar-refractivity contribution in [3.63, 3.8) is 0 Å². The van der Waals surface area contributed by atoms with Crippen molar-refractivity contribution in [3.8, 4) is 0 Å². The van der Waals surface area contributed by atoms with E-state index >= 15 is 0 Å². The van der Waals surface area contributed by atoms with Gasteiger partial charge in [-0.2, -0.15) is 12.6 Å². The first kappa shape index (κ1) is 8.89. The lowest BCUT2D eigenvalue weighted by molar-refractivity contribution is 0.502. The van der Waals surface area contributed by atoms with E-state index in [0.29, 0.717) is 0 Å². The van der Waals surface area contributed by atoms with Crippen LogP contribution in [0.2, 0.25) is 0 Å². The van der Waals surface area contributed by atoms with Crippen LogP contribution in [0.4, 0.5) is 0 Å². The average molecular weight is 145 g/mol. The molecule has 0 radical (unpaired) electrons. The van der Waals surface area contributed by atoms with Gasteiger partial charge in [-0.1, -0.05) is 20.4 Å². The van der Waals surface area contributed by atoms with Gasteiger partial charge in [0, 0.05) is 0 Å². The van der Waals surface area contributed by atoms with Gasteiger partial charge in [0.15, 0.2) is 0 Å². The fourth-order valence-corrected chi connectivity index (χ4v) is 0.735. The topological polar surface area (TPSA) is 12.0 Å². The van der Waals surface area contributed by atoms with Gasteiger partial charge in [0.25, 0.3) is 0 Å². The molecular formula is C7H15NS. The Labute approximate surface area is 62.9 Å². The van der Waals surface area contributed by atoms with Crippen LogP contribution in [0.5, 0.6) is 0 Å². The Kier molecular flexibility index (Phi) is 3.78. The van der Waals surface area contributed by atoms with Crippen LogP contribution in [0.3, 0.4) is 0 Å². The smallest absolute Gasteiger partial charge is 0.0794 e. The third kappa shape index (κ3) is 2.80. The minimum absolute atomic E-state index is 0.0399. The SMILES string of the molecule is C=CNC(S)(CC)CC. The molecule has 0 unspecified atom stereocenters. The minimum Gasteiger partial charge on any atom is -0.377 e. The molecule has 0 rings (SSSR count). The molecule has 0 fully saturated rings. The van der Waals surface area contributed by atoms with Crippen molar-refractivity contribution in [2.24, 2.45) is 0 Å². The summed E-state index contributed by atoms with van der Waals surface area (Å²) in [5, 5.41) is 3.09. The highest BCUT2D eigenvalue weighted by Gasteiger charge is 2.16. The van der Waals surface area contributed by atoms with Gasteiger partial charge in [-0.3, -0.25) is 0 Å². The molecule has 0 amide bonds. The van der Waals surface area contributed by atoms with E-state index in [4.69, 9.17) is 0 Å². The molecule has 9 heavy (non-hydrogen) atoms. The maximum Gasteiger partial charge on any atom is 0.0794 e. The molecule has 0 aromatic heterocycles. The summed E-state index contributed by atoms with van der Waals surface area (Å²) in [5.41, 5.74) is 0. The summed E-state index contributed by atoms with van der Waals surface area (Å²) in [6, 6.07) is 0. The lowest BCUT2D eigenvalue weighted by Gasteiger charge is -2.25. The summed E-state index contributed by atoms with van der Waals surface area (Å²) in [7, 11) is 0. The predicted octanol–water partition coefficient (Wildman–Crippen LogP) is 2.17. The van der Waals surface area contributed by atoms with Crippen molar-refractivity contribution in [1.82, 2.24) is 5.32 Å². The summed E-state index contributed by atoms with van der Waals surface area (Å²) in [6.07, 6.45) is 3.72. The van der Waals surface area contributed by atoms with Gasteiger partial charge >= 0.3 is 0 Å². The van der Waals surface area contributed by atoms with Crippen molar-refractivity contribution in [1.29, 1.82) is 0 Å². The lowest BCUT2D eigenvalue weighted by atomic mass is 10.1. The largest absolute Gasteiger partial charge is 0.377 e. The fraction of sp³-hybridized carbons (Fsp3) is 0.714. The zero-order chi connectivity index (χ0) is 7.33. The van der Waals surface area contributed by atoms with E-state index in [0.717, 1.165) is 12.8 Å². The van der Waals surface area contributed by atoms with Crippen LogP contribution < -0.4 is 5.32 Å². The van der Waals surface area contributed by atoms with Crippen molar-refractivity contribution in [2.75, 3.05) is 0 Å². The molecular weight excluding hydrogens is 130 g/mol. The molecule has 54 valence electrons. The fourth-order valence-electron chi connectivity index (χ4n) is 0.644. The molecule has 0 aromatic rings. The third-order valence-electron chi connectivity index (χ3n) is 1.54. The van der Waals surface area contributed by atoms with Gasteiger partial charge < -0.3 is 5.32 Å². The highest BCUT2D eigenvalue weighted by atomic mass is 32.1. The van der Waals surface area contributed by atoms with Crippen molar-refractivity contribution >= 4 is 12.6 Å². The number of thiol groups is 1. The molecule has 0 aliphatic heterocycles. The normalized spacial score (nSPS) is 11.0. The van der Waals surface area contributed by atoms with E-state index in [1.807, 2.05) is 0 Å². The highest BCUT2D eigenvalue weighted by Crippen LogP contribution is 2.18. The van der Waals surface area contributed by atoms with Gasteiger partial charge in [-0.15, -0.1) is 0 Å². The molecule has 1 nitrogen and oxygen atoms in total.